The molecule has 0 saturated heterocycles. The molecular formula is C11H18NO2P. The Kier molecular flexibility index (Phi) is 5.62. The lowest BCUT2D eigenvalue weighted by Crippen LogP contribution is -2.16. The molecule has 84 valence electrons. The normalized spacial score (nSPS) is 14.8. The Balaban J connectivity index is 2.34. The van der Waals surface area contributed by atoms with Gasteiger partial charge in [0.1, 0.15) is 0 Å². The van der Waals surface area contributed by atoms with E-state index in [4.69, 9.17) is 10.3 Å². The number of hydrogen-bond donors (Lipinski definition) is 1. The number of aryl methyl sites for hydroxylation is 1. The van der Waals surface area contributed by atoms with Crippen LogP contribution in [0.4, 0.5) is 0 Å². The van der Waals surface area contributed by atoms with E-state index in [1.165, 1.54) is 5.56 Å². The van der Waals surface area contributed by atoms with Crippen LogP contribution in [0.25, 0.3) is 0 Å². The minimum absolute atomic E-state index is 0.324. The van der Waals surface area contributed by atoms with E-state index in [2.05, 4.69) is 0 Å². The molecular weight excluding hydrogens is 209 g/mol. The molecule has 0 bridgehead atoms. The summed E-state index contributed by atoms with van der Waals surface area (Å²) in [4.78, 5) is 0. The van der Waals surface area contributed by atoms with Crippen molar-refractivity contribution in [2.24, 2.45) is 5.73 Å². The number of rotatable bonds is 6. The van der Waals surface area contributed by atoms with Crippen molar-refractivity contribution in [1.82, 2.24) is 0 Å². The Morgan fingerprint density at radius 2 is 2.07 bits per heavy atom. The summed E-state index contributed by atoms with van der Waals surface area (Å²) < 4.78 is 16.4. The molecule has 15 heavy (non-hydrogen) atoms. The molecule has 0 amide bonds. The molecule has 1 unspecified atom stereocenters. The molecule has 0 fully saturated rings. The van der Waals surface area contributed by atoms with Gasteiger partial charge in [0.25, 0.3) is 0 Å². The van der Waals surface area contributed by atoms with Gasteiger partial charge in [-0.2, -0.15) is 0 Å². The molecule has 3 nitrogen and oxygen atoms in total. The second kappa shape index (κ2) is 6.78. The number of benzene rings is 1. The Bertz CT molecular complexity index is 303. The molecule has 2 N–H and O–H groups in total. The van der Waals surface area contributed by atoms with Gasteiger partial charge < -0.3 is 10.3 Å². The van der Waals surface area contributed by atoms with Crippen molar-refractivity contribution in [3.05, 3.63) is 35.9 Å². The fraction of sp³-hybridized carbons (Fsp3) is 0.455. The van der Waals surface area contributed by atoms with Crippen molar-refractivity contribution in [2.75, 3.05) is 6.61 Å². The first-order chi connectivity index (χ1) is 7.24. The quantitative estimate of drug-likeness (QED) is 0.759. The van der Waals surface area contributed by atoms with Gasteiger partial charge in [-0.1, -0.05) is 30.3 Å². The van der Waals surface area contributed by atoms with Crippen molar-refractivity contribution in [3.63, 3.8) is 0 Å². The van der Waals surface area contributed by atoms with Gasteiger partial charge in [0.05, 0.1) is 12.4 Å². The molecule has 0 radical (unpaired) electrons. The maximum atomic E-state index is 11.4. The summed E-state index contributed by atoms with van der Waals surface area (Å²) >= 11 is 0. The van der Waals surface area contributed by atoms with Crippen molar-refractivity contribution in [2.45, 2.75) is 25.5 Å². The Hall–Kier alpha value is -0.630. The first-order valence-corrected chi connectivity index (χ1v) is 6.59. The highest BCUT2D eigenvalue weighted by molar-refractivity contribution is 7.39. The van der Waals surface area contributed by atoms with Gasteiger partial charge in [-0.05, 0) is 25.3 Å². The summed E-state index contributed by atoms with van der Waals surface area (Å²) in [5, 5.41) is 0. The van der Waals surface area contributed by atoms with Gasteiger partial charge in [0.2, 0.25) is 8.03 Å². The SMILES string of the molecule is CCO[PH](=O)[C@H](N)CCc1ccccc1. The molecule has 0 saturated carbocycles. The highest BCUT2D eigenvalue weighted by Gasteiger charge is 2.10. The smallest absolute Gasteiger partial charge is 0.207 e. The summed E-state index contributed by atoms with van der Waals surface area (Å²) in [5.74, 6) is -0.324. The fourth-order valence-electron chi connectivity index (χ4n) is 1.33. The van der Waals surface area contributed by atoms with E-state index >= 15 is 0 Å². The third-order valence-corrected chi connectivity index (χ3v) is 3.64. The topological polar surface area (TPSA) is 52.3 Å². The standard InChI is InChI=1S/C11H18NO2P/c1-2-14-15(13)11(12)9-8-10-6-4-3-5-7-10/h3-7,11,15H,2,8-9,12H2,1H3/t11-/m0/s1. The minimum Gasteiger partial charge on any atom is -0.330 e. The Labute approximate surface area is 91.5 Å². The average Bonchev–Trinajstić information content (AvgIpc) is 2.27. The van der Waals surface area contributed by atoms with Crippen molar-refractivity contribution in [1.29, 1.82) is 0 Å². The predicted octanol–water partition coefficient (Wildman–Crippen LogP) is 2.42. The summed E-state index contributed by atoms with van der Waals surface area (Å²) in [6.07, 6.45) is 1.56. The monoisotopic (exact) mass is 227 g/mol. The van der Waals surface area contributed by atoms with E-state index in [0.717, 1.165) is 6.42 Å². The zero-order chi connectivity index (χ0) is 11.1. The maximum Gasteiger partial charge on any atom is 0.207 e. The summed E-state index contributed by atoms with van der Waals surface area (Å²) in [6, 6.07) is 10.1. The zero-order valence-corrected chi connectivity index (χ0v) is 9.98. The van der Waals surface area contributed by atoms with Crippen LogP contribution in [0.5, 0.6) is 0 Å². The van der Waals surface area contributed by atoms with Crippen molar-refractivity contribution in [3.8, 4) is 0 Å². The van der Waals surface area contributed by atoms with E-state index in [0.29, 0.717) is 13.0 Å². The second-order valence-electron chi connectivity index (χ2n) is 3.38. The third-order valence-electron chi connectivity index (χ3n) is 2.18. The van der Waals surface area contributed by atoms with Crippen LogP contribution in [0.1, 0.15) is 18.9 Å². The van der Waals surface area contributed by atoms with Crippen LogP contribution < -0.4 is 5.73 Å². The van der Waals surface area contributed by atoms with Crippen molar-refractivity contribution >= 4 is 8.03 Å². The molecule has 1 aromatic carbocycles. The zero-order valence-electron chi connectivity index (χ0n) is 8.98. The van der Waals surface area contributed by atoms with Gasteiger partial charge in [-0.15, -0.1) is 0 Å². The van der Waals surface area contributed by atoms with Crippen LogP contribution in [0.3, 0.4) is 0 Å². The van der Waals surface area contributed by atoms with Gasteiger partial charge in [-0.25, -0.2) is 0 Å². The van der Waals surface area contributed by atoms with Gasteiger partial charge in [0.15, 0.2) is 0 Å². The lowest BCUT2D eigenvalue weighted by molar-refractivity contribution is 0.342. The summed E-state index contributed by atoms with van der Waals surface area (Å²) in [7, 11) is -2.06. The van der Waals surface area contributed by atoms with E-state index in [-0.39, 0.29) is 5.78 Å². The first kappa shape index (κ1) is 12.4. The van der Waals surface area contributed by atoms with Gasteiger partial charge in [0, 0.05) is 0 Å². The van der Waals surface area contributed by atoms with Crippen LogP contribution in [0.15, 0.2) is 30.3 Å². The molecule has 1 aromatic rings. The number of nitrogens with two attached hydrogens (primary N) is 1. The third kappa shape index (κ3) is 4.61. The van der Waals surface area contributed by atoms with E-state index in [9.17, 15) is 4.57 Å². The largest absolute Gasteiger partial charge is 0.330 e. The lowest BCUT2D eigenvalue weighted by atomic mass is 10.1. The van der Waals surface area contributed by atoms with Gasteiger partial charge in [-0.3, -0.25) is 4.57 Å². The van der Waals surface area contributed by atoms with Crippen LogP contribution in [0.2, 0.25) is 0 Å². The predicted molar refractivity (Wildman–Crippen MR) is 63.4 cm³/mol. The first-order valence-electron chi connectivity index (χ1n) is 5.20. The van der Waals surface area contributed by atoms with Crippen LogP contribution in [-0.4, -0.2) is 12.4 Å². The lowest BCUT2D eigenvalue weighted by Gasteiger charge is -2.10. The Morgan fingerprint density at radius 3 is 2.67 bits per heavy atom. The maximum absolute atomic E-state index is 11.4. The molecule has 0 aliphatic carbocycles. The van der Waals surface area contributed by atoms with Crippen LogP contribution in [0, 0.1) is 0 Å². The second-order valence-corrected chi connectivity index (χ2v) is 5.05. The molecule has 0 aliphatic rings. The highest BCUT2D eigenvalue weighted by atomic mass is 31.1. The highest BCUT2D eigenvalue weighted by Crippen LogP contribution is 2.28. The van der Waals surface area contributed by atoms with E-state index in [1.807, 2.05) is 37.3 Å². The summed E-state index contributed by atoms with van der Waals surface area (Å²) in [6.45, 7) is 2.29. The number of hydrogen-bond acceptors (Lipinski definition) is 3. The van der Waals surface area contributed by atoms with Crippen LogP contribution >= 0.6 is 8.03 Å². The van der Waals surface area contributed by atoms with Crippen molar-refractivity contribution < 1.29 is 9.09 Å². The summed E-state index contributed by atoms with van der Waals surface area (Å²) in [5.41, 5.74) is 6.98. The van der Waals surface area contributed by atoms with Crippen LogP contribution in [-0.2, 0) is 15.5 Å². The molecule has 0 heterocycles. The average molecular weight is 227 g/mol. The molecule has 4 heteroatoms. The molecule has 0 aromatic heterocycles. The molecule has 0 aliphatic heterocycles. The molecule has 0 spiro atoms. The Morgan fingerprint density at radius 1 is 1.40 bits per heavy atom. The fourth-order valence-corrected chi connectivity index (χ4v) is 2.21. The molecule has 2 atom stereocenters. The van der Waals surface area contributed by atoms with Gasteiger partial charge >= 0.3 is 0 Å². The molecule has 1 rings (SSSR count). The van der Waals surface area contributed by atoms with E-state index in [1.54, 1.807) is 0 Å². The van der Waals surface area contributed by atoms with E-state index < -0.39 is 8.03 Å². The minimum atomic E-state index is -2.06.